The number of nitrogens with zero attached hydrogens (tertiary/aromatic N) is 1. The molecule has 6 atom stereocenters. The molecule has 1 aromatic carbocycles. The van der Waals surface area contributed by atoms with Gasteiger partial charge in [-0.15, -0.1) is 0 Å². The molecule has 3 aliphatic heterocycles. The largest absolute Gasteiger partial charge is 0.504 e. The third-order valence-corrected chi connectivity index (χ3v) is 11.1. The predicted octanol–water partition coefficient (Wildman–Crippen LogP) is 4.03. The van der Waals surface area contributed by atoms with E-state index in [9.17, 15) is 5.11 Å². The number of rotatable bonds is 0. The van der Waals surface area contributed by atoms with E-state index in [-0.39, 0.29) is 33.6 Å². The minimum atomic E-state index is -0.241. The van der Waals surface area contributed by atoms with Crippen molar-refractivity contribution in [2.75, 3.05) is 13.6 Å². The second-order valence-corrected chi connectivity index (χ2v) is 12.1. The van der Waals surface area contributed by atoms with Gasteiger partial charge in [0.1, 0.15) is 11.7 Å². The molecule has 0 radical (unpaired) electrons. The molecule has 3 heterocycles. The molecule has 29 heavy (non-hydrogen) atoms. The van der Waals surface area contributed by atoms with Crippen LogP contribution in [0.1, 0.15) is 64.5 Å². The maximum Gasteiger partial charge on any atom is 0.165 e. The van der Waals surface area contributed by atoms with Crippen LogP contribution < -0.4 is 4.74 Å². The molecule has 1 N–H and O–H groups in total. The molecule has 4 aliphatic carbocycles. The van der Waals surface area contributed by atoms with Crippen LogP contribution in [0.2, 0.25) is 0 Å². The number of aromatic hydroxyl groups is 1. The van der Waals surface area contributed by atoms with Crippen molar-refractivity contribution in [3.05, 3.63) is 23.3 Å². The molecule has 156 valence electrons. The number of phenolic OH excluding ortho intramolecular Hbond substituents is 1. The Morgan fingerprint density at radius 2 is 1.90 bits per heavy atom. The lowest BCUT2D eigenvalue weighted by Crippen LogP contribution is -2.80. The quantitative estimate of drug-likeness (QED) is 0.720. The van der Waals surface area contributed by atoms with E-state index in [4.69, 9.17) is 9.47 Å². The standard InChI is InChI=1S/C25H33NO3/c1-21(2)16-13-23-8-9-25(16,29-22(21,3)4)20-24(23)10-11-26(5)17(23)12-14-6-7-15(27)19(28-20)18(14)24/h6-7,16-17,20,27H,8-13H2,1-5H3/t16-,17-,20-,23-,24+,25-/m1/s1. The topological polar surface area (TPSA) is 41.9 Å². The van der Waals surface area contributed by atoms with Crippen molar-refractivity contribution < 1.29 is 14.6 Å². The van der Waals surface area contributed by atoms with Gasteiger partial charge in [-0.1, -0.05) is 19.9 Å². The summed E-state index contributed by atoms with van der Waals surface area (Å²) in [5.41, 5.74) is 2.65. The summed E-state index contributed by atoms with van der Waals surface area (Å²) in [7, 11) is 2.33. The Balaban J connectivity index is 1.57. The normalized spacial score (nSPS) is 49.5. The van der Waals surface area contributed by atoms with Crippen LogP contribution in [0, 0.1) is 16.7 Å². The van der Waals surface area contributed by atoms with Gasteiger partial charge in [0.15, 0.2) is 11.5 Å². The average Bonchev–Trinajstić information content (AvgIpc) is 3.10. The molecule has 3 spiro atoms. The number of hydrogen-bond donors (Lipinski definition) is 1. The third-order valence-electron chi connectivity index (χ3n) is 11.1. The average molecular weight is 396 g/mol. The van der Waals surface area contributed by atoms with Gasteiger partial charge in [-0.25, -0.2) is 0 Å². The van der Waals surface area contributed by atoms with Gasteiger partial charge >= 0.3 is 0 Å². The van der Waals surface area contributed by atoms with Crippen LogP contribution in [0.15, 0.2) is 12.1 Å². The minimum absolute atomic E-state index is 0.00289. The highest BCUT2D eigenvalue weighted by molar-refractivity contribution is 5.63. The van der Waals surface area contributed by atoms with E-state index in [1.807, 2.05) is 6.07 Å². The smallest absolute Gasteiger partial charge is 0.165 e. The van der Waals surface area contributed by atoms with Crippen LogP contribution in [-0.2, 0) is 16.6 Å². The molecule has 8 rings (SSSR count). The molecular formula is C25H33NO3. The fourth-order valence-corrected chi connectivity index (χ4v) is 9.38. The van der Waals surface area contributed by atoms with E-state index in [0.717, 1.165) is 31.6 Å². The van der Waals surface area contributed by atoms with Gasteiger partial charge in [0.2, 0.25) is 0 Å². The van der Waals surface area contributed by atoms with Crippen LogP contribution in [-0.4, -0.2) is 46.9 Å². The van der Waals surface area contributed by atoms with E-state index in [0.29, 0.717) is 17.7 Å². The number of phenols is 1. The van der Waals surface area contributed by atoms with E-state index in [1.54, 1.807) is 0 Å². The lowest BCUT2D eigenvalue weighted by atomic mass is 9.33. The van der Waals surface area contributed by atoms with Crippen molar-refractivity contribution >= 4 is 0 Å². The maximum absolute atomic E-state index is 10.8. The van der Waals surface area contributed by atoms with Gasteiger partial charge in [-0.2, -0.15) is 0 Å². The second kappa shape index (κ2) is 4.50. The summed E-state index contributed by atoms with van der Waals surface area (Å²) in [6.45, 7) is 10.5. The summed E-state index contributed by atoms with van der Waals surface area (Å²) in [6.07, 6.45) is 5.77. The zero-order valence-electron chi connectivity index (χ0n) is 18.3. The molecule has 2 saturated heterocycles. The third kappa shape index (κ3) is 1.46. The first-order valence-electron chi connectivity index (χ1n) is 11.5. The first kappa shape index (κ1) is 17.4. The number of likely N-dealkylation sites (tertiary alicyclic amines) is 1. The molecular weight excluding hydrogens is 362 g/mol. The van der Waals surface area contributed by atoms with E-state index >= 15 is 0 Å². The van der Waals surface area contributed by atoms with Gasteiger partial charge in [-0.05, 0) is 76.6 Å². The Morgan fingerprint density at radius 1 is 1.10 bits per heavy atom. The van der Waals surface area contributed by atoms with Gasteiger partial charge in [0, 0.05) is 28.4 Å². The van der Waals surface area contributed by atoms with Crippen molar-refractivity contribution in [1.29, 1.82) is 0 Å². The molecule has 4 heteroatoms. The fraction of sp³-hybridized carbons (Fsp3) is 0.760. The lowest BCUT2D eigenvalue weighted by molar-refractivity contribution is -0.270. The van der Waals surface area contributed by atoms with Gasteiger partial charge in [-0.3, -0.25) is 0 Å². The number of likely N-dealkylation sites (N-methyl/N-ethyl adjacent to an activating group) is 1. The predicted molar refractivity (Wildman–Crippen MR) is 110 cm³/mol. The molecule has 0 amide bonds. The first-order chi connectivity index (χ1) is 13.6. The molecule has 7 aliphatic rings. The zero-order valence-corrected chi connectivity index (χ0v) is 18.3. The van der Waals surface area contributed by atoms with Crippen molar-refractivity contribution in [2.45, 2.75) is 88.6 Å². The number of fused-ring (bicyclic) bond motifs is 1. The Hall–Kier alpha value is -1.26. The Morgan fingerprint density at radius 3 is 2.69 bits per heavy atom. The highest BCUT2D eigenvalue weighted by Crippen LogP contribution is 2.80. The highest BCUT2D eigenvalue weighted by atomic mass is 16.6. The van der Waals surface area contributed by atoms with Crippen LogP contribution >= 0.6 is 0 Å². The molecule has 0 aromatic heterocycles. The minimum Gasteiger partial charge on any atom is -0.504 e. The number of hydrogen-bond acceptors (Lipinski definition) is 4. The SMILES string of the molecule is CN1CC[C@]23c4c5ccc(O)c4O[C@H]2[C@@]24CC[C@@]3(C[C@@H]2C(C)(C)C(C)(C)O4)[C@H]1C5. The fourth-order valence-electron chi connectivity index (χ4n) is 9.38. The molecule has 5 fully saturated rings. The Bertz CT molecular complexity index is 969. The summed E-state index contributed by atoms with van der Waals surface area (Å²) >= 11 is 0. The number of ether oxygens (including phenoxy) is 2. The summed E-state index contributed by atoms with van der Waals surface area (Å²) in [5, 5.41) is 10.8. The van der Waals surface area contributed by atoms with Crippen LogP contribution in [0.3, 0.4) is 0 Å². The van der Waals surface area contributed by atoms with E-state index < -0.39 is 0 Å². The number of piperidine rings is 1. The monoisotopic (exact) mass is 395 g/mol. The molecule has 3 saturated carbocycles. The van der Waals surface area contributed by atoms with Crippen molar-refractivity contribution in [2.24, 2.45) is 16.7 Å². The summed E-state index contributed by atoms with van der Waals surface area (Å²) < 4.78 is 14.0. The van der Waals surface area contributed by atoms with Crippen LogP contribution in [0.25, 0.3) is 0 Å². The van der Waals surface area contributed by atoms with Crippen LogP contribution in [0.4, 0.5) is 0 Å². The zero-order chi connectivity index (χ0) is 20.2. The molecule has 4 bridgehead atoms. The summed E-state index contributed by atoms with van der Waals surface area (Å²) in [4.78, 5) is 2.64. The number of benzene rings is 1. The summed E-state index contributed by atoms with van der Waals surface area (Å²) in [6, 6.07) is 4.58. The maximum atomic E-state index is 10.8. The van der Waals surface area contributed by atoms with Crippen molar-refractivity contribution in [3.8, 4) is 11.5 Å². The first-order valence-corrected chi connectivity index (χ1v) is 11.5. The lowest BCUT2D eigenvalue weighted by Gasteiger charge is -2.73. The summed E-state index contributed by atoms with van der Waals surface area (Å²) in [5.74, 6) is 1.60. The Labute approximate surface area is 173 Å². The van der Waals surface area contributed by atoms with E-state index in [1.165, 1.54) is 24.0 Å². The van der Waals surface area contributed by atoms with Gasteiger partial charge < -0.3 is 19.5 Å². The van der Waals surface area contributed by atoms with Crippen molar-refractivity contribution in [1.82, 2.24) is 4.90 Å². The van der Waals surface area contributed by atoms with Crippen LogP contribution in [0.5, 0.6) is 11.5 Å². The Kier molecular flexibility index (Phi) is 2.70. The molecule has 0 unspecified atom stereocenters. The highest BCUT2D eigenvalue weighted by Gasteiger charge is 2.84. The molecule has 4 nitrogen and oxygen atoms in total. The van der Waals surface area contributed by atoms with Gasteiger partial charge in [0.25, 0.3) is 0 Å². The van der Waals surface area contributed by atoms with Crippen molar-refractivity contribution in [3.63, 3.8) is 0 Å². The molecule has 1 aromatic rings. The van der Waals surface area contributed by atoms with E-state index in [2.05, 4.69) is 45.7 Å². The second-order valence-electron chi connectivity index (χ2n) is 12.1. The van der Waals surface area contributed by atoms with Gasteiger partial charge in [0.05, 0.1) is 5.60 Å².